The topological polar surface area (TPSA) is 29.9 Å². The number of rotatable bonds is 6. The maximum Gasteiger partial charge on any atom is 0.0492 e. The molecule has 1 atom stereocenters. The van der Waals surface area contributed by atoms with Crippen LogP contribution >= 0.6 is 0 Å². The number of aromatic nitrogens is 2. The molecule has 3 heteroatoms. The van der Waals surface area contributed by atoms with Crippen molar-refractivity contribution in [3.05, 3.63) is 53.9 Å². The Balaban J connectivity index is 1.73. The van der Waals surface area contributed by atoms with E-state index in [0.29, 0.717) is 5.92 Å². The van der Waals surface area contributed by atoms with E-state index >= 15 is 0 Å². The molecule has 3 nitrogen and oxygen atoms in total. The molecule has 3 rings (SSSR count). The lowest BCUT2D eigenvalue weighted by Crippen LogP contribution is -2.25. The van der Waals surface area contributed by atoms with Gasteiger partial charge < -0.3 is 5.32 Å². The van der Waals surface area contributed by atoms with Crippen LogP contribution in [0.25, 0.3) is 0 Å². The summed E-state index contributed by atoms with van der Waals surface area (Å²) in [5.41, 5.74) is 2.71. The van der Waals surface area contributed by atoms with Crippen LogP contribution in [-0.4, -0.2) is 22.4 Å². The number of hydrogen-bond donors (Lipinski definition) is 1. The van der Waals surface area contributed by atoms with E-state index in [9.17, 15) is 0 Å². The van der Waals surface area contributed by atoms with Crippen LogP contribution < -0.4 is 5.32 Å². The highest BCUT2D eigenvalue weighted by molar-refractivity contribution is 5.22. The molecule has 0 radical (unpaired) electrons. The molecule has 1 aromatic carbocycles. The van der Waals surface area contributed by atoms with Crippen LogP contribution in [0.3, 0.4) is 0 Å². The first-order valence-corrected chi connectivity index (χ1v) is 7.08. The van der Waals surface area contributed by atoms with Crippen LogP contribution in [0.15, 0.2) is 42.6 Å². The summed E-state index contributed by atoms with van der Waals surface area (Å²) in [6.07, 6.45) is 5.60. The largest absolute Gasteiger partial charge is 0.313 e. The number of aryl methyl sites for hydroxylation is 1. The minimum Gasteiger partial charge on any atom is -0.313 e. The molecule has 100 valence electrons. The van der Waals surface area contributed by atoms with Gasteiger partial charge >= 0.3 is 0 Å². The van der Waals surface area contributed by atoms with Crippen molar-refractivity contribution in [1.29, 1.82) is 0 Å². The average molecular weight is 255 g/mol. The van der Waals surface area contributed by atoms with E-state index in [1.54, 1.807) is 0 Å². The SMILES string of the molecule is Cn1nccc1CC(CNC1CC1)c1ccccc1. The molecule has 0 bridgehead atoms. The van der Waals surface area contributed by atoms with E-state index in [1.807, 2.05) is 17.9 Å². The van der Waals surface area contributed by atoms with Crippen molar-refractivity contribution < 1.29 is 0 Å². The van der Waals surface area contributed by atoms with E-state index in [2.05, 4.69) is 46.8 Å². The zero-order valence-corrected chi connectivity index (χ0v) is 11.4. The monoisotopic (exact) mass is 255 g/mol. The van der Waals surface area contributed by atoms with E-state index in [-0.39, 0.29) is 0 Å². The van der Waals surface area contributed by atoms with Crippen LogP contribution in [0.1, 0.15) is 30.0 Å². The van der Waals surface area contributed by atoms with Crippen LogP contribution in [0.5, 0.6) is 0 Å². The van der Waals surface area contributed by atoms with Gasteiger partial charge in [0.05, 0.1) is 0 Å². The minimum absolute atomic E-state index is 0.525. The molecule has 1 heterocycles. The maximum absolute atomic E-state index is 4.27. The van der Waals surface area contributed by atoms with Gasteiger partial charge in [-0.3, -0.25) is 4.68 Å². The van der Waals surface area contributed by atoms with Crippen molar-refractivity contribution in [1.82, 2.24) is 15.1 Å². The first kappa shape index (κ1) is 12.4. The Hall–Kier alpha value is -1.61. The number of benzene rings is 1. The first-order chi connectivity index (χ1) is 9.33. The Morgan fingerprint density at radius 3 is 2.68 bits per heavy atom. The van der Waals surface area contributed by atoms with Gasteiger partial charge in [-0.1, -0.05) is 30.3 Å². The second-order valence-electron chi connectivity index (χ2n) is 5.44. The Bertz CT molecular complexity index is 514. The molecule has 0 saturated heterocycles. The molecule has 1 aliphatic rings. The fraction of sp³-hybridized carbons (Fsp3) is 0.438. The molecule has 1 aromatic heterocycles. The summed E-state index contributed by atoms with van der Waals surface area (Å²) in [6.45, 7) is 1.06. The second kappa shape index (κ2) is 5.57. The fourth-order valence-electron chi connectivity index (χ4n) is 2.48. The predicted molar refractivity (Wildman–Crippen MR) is 77.1 cm³/mol. The van der Waals surface area contributed by atoms with E-state index in [1.165, 1.54) is 24.1 Å². The van der Waals surface area contributed by atoms with Crippen molar-refractivity contribution in [2.45, 2.75) is 31.2 Å². The lowest BCUT2D eigenvalue weighted by Gasteiger charge is -2.18. The number of nitrogens with one attached hydrogen (secondary N) is 1. The molecular weight excluding hydrogens is 234 g/mol. The van der Waals surface area contributed by atoms with E-state index in [4.69, 9.17) is 0 Å². The van der Waals surface area contributed by atoms with Gasteiger partial charge in [0, 0.05) is 37.4 Å². The third kappa shape index (κ3) is 3.24. The molecule has 0 amide bonds. The average Bonchev–Trinajstić information content (AvgIpc) is 3.19. The van der Waals surface area contributed by atoms with Gasteiger partial charge in [-0.25, -0.2) is 0 Å². The van der Waals surface area contributed by atoms with Crippen LogP contribution in [0.2, 0.25) is 0 Å². The highest BCUT2D eigenvalue weighted by Crippen LogP contribution is 2.23. The molecule has 1 unspecified atom stereocenters. The maximum atomic E-state index is 4.27. The molecular formula is C16H21N3. The summed E-state index contributed by atoms with van der Waals surface area (Å²) >= 11 is 0. The molecule has 1 N–H and O–H groups in total. The zero-order chi connectivity index (χ0) is 13.1. The number of hydrogen-bond acceptors (Lipinski definition) is 2. The molecule has 1 saturated carbocycles. The van der Waals surface area contributed by atoms with E-state index in [0.717, 1.165) is 19.0 Å². The summed E-state index contributed by atoms with van der Waals surface area (Å²) in [5.74, 6) is 0.525. The molecule has 2 aromatic rings. The van der Waals surface area contributed by atoms with Crippen molar-refractivity contribution in [2.75, 3.05) is 6.54 Å². The van der Waals surface area contributed by atoms with Crippen molar-refractivity contribution in [2.24, 2.45) is 7.05 Å². The summed E-state index contributed by atoms with van der Waals surface area (Å²) in [7, 11) is 2.02. The zero-order valence-electron chi connectivity index (χ0n) is 11.4. The van der Waals surface area contributed by atoms with Crippen LogP contribution in [0, 0.1) is 0 Å². The van der Waals surface area contributed by atoms with Crippen LogP contribution in [0.4, 0.5) is 0 Å². The Kier molecular flexibility index (Phi) is 3.65. The highest BCUT2D eigenvalue weighted by Gasteiger charge is 2.23. The summed E-state index contributed by atoms with van der Waals surface area (Å²) in [6, 6.07) is 13.7. The number of nitrogens with zero attached hydrogens (tertiary/aromatic N) is 2. The molecule has 1 fully saturated rings. The molecule has 1 aliphatic carbocycles. The predicted octanol–water partition coefficient (Wildman–Crippen LogP) is 2.50. The van der Waals surface area contributed by atoms with Crippen molar-refractivity contribution in [3.63, 3.8) is 0 Å². The Morgan fingerprint density at radius 1 is 1.26 bits per heavy atom. The highest BCUT2D eigenvalue weighted by atomic mass is 15.2. The second-order valence-corrected chi connectivity index (χ2v) is 5.44. The Labute approximate surface area is 114 Å². The standard InChI is InChI=1S/C16H21N3/c1-19-16(9-10-18-19)11-14(12-17-15-7-8-15)13-5-3-2-4-6-13/h2-6,9-10,14-15,17H,7-8,11-12H2,1H3. The molecule has 0 spiro atoms. The van der Waals surface area contributed by atoms with Gasteiger partial charge in [0.15, 0.2) is 0 Å². The third-order valence-corrected chi connectivity index (χ3v) is 3.88. The normalized spacial score (nSPS) is 16.5. The van der Waals surface area contributed by atoms with E-state index < -0.39 is 0 Å². The van der Waals surface area contributed by atoms with Gasteiger partial charge in [0.1, 0.15) is 0 Å². The first-order valence-electron chi connectivity index (χ1n) is 7.08. The van der Waals surface area contributed by atoms with Crippen molar-refractivity contribution in [3.8, 4) is 0 Å². The van der Waals surface area contributed by atoms with Gasteiger partial charge in [-0.15, -0.1) is 0 Å². The minimum atomic E-state index is 0.525. The van der Waals surface area contributed by atoms with Gasteiger partial charge in [-0.05, 0) is 30.9 Å². The van der Waals surface area contributed by atoms with Gasteiger partial charge in [0.25, 0.3) is 0 Å². The summed E-state index contributed by atoms with van der Waals surface area (Å²) in [5, 5.41) is 7.92. The summed E-state index contributed by atoms with van der Waals surface area (Å²) < 4.78 is 1.98. The molecule has 0 aliphatic heterocycles. The van der Waals surface area contributed by atoms with Crippen molar-refractivity contribution >= 4 is 0 Å². The molecule has 19 heavy (non-hydrogen) atoms. The quantitative estimate of drug-likeness (QED) is 0.859. The van der Waals surface area contributed by atoms with Crippen LogP contribution in [-0.2, 0) is 13.5 Å². The lowest BCUT2D eigenvalue weighted by atomic mass is 9.94. The Morgan fingerprint density at radius 2 is 2.05 bits per heavy atom. The van der Waals surface area contributed by atoms with Gasteiger partial charge in [-0.2, -0.15) is 5.10 Å². The fourth-order valence-corrected chi connectivity index (χ4v) is 2.48. The lowest BCUT2D eigenvalue weighted by molar-refractivity contribution is 0.557. The van der Waals surface area contributed by atoms with Gasteiger partial charge in [0.2, 0.25) is 0 Å². The summed E-state index contributed by atoms with van der Waals surface area (Å²) in [4.78, 5) is 0. The smallest absolute Gasteiger partial charge is 0.0492 e. The third-order valence-electron chi connectivity index (χ3n) is 3.88.